The Balaban J connectivity index is 1.45. The number of halogens is 1. The van der Waals surface area contributed by atoms with Crippen LogP contribution in [0.2, 0.25) is 0 Å². The highest BCUT2D eigenvalue weighted by molar-refractivity contribution is 6.44. The van der Waals surface area contributed by atoms with Gasteiger partial charge in [0.05, 0.1) is 16.8 Å². The van der Waals surface area contributed by atoms with Crippen LogP contribution >= 0.6 is 0 Å². The monoisotopic (exact) mass is 452 g/mol. The van der Waals surface area contributed by atoms with Gasteiger partial charge in [0.15, 0.2) is 0 Å². The number of Topliss-reactive ketones (excluding diaryl/α,β-unsaturated/α-hetero) is 1. The first-order valence-corrected chi connectivity index (χ1v) is 10.9. The predicted octanol–water partition coefficient (Wildman–Crippen LogP) is 1.40. The molecule has 1 aromatic carbocycles. The molecule has 2 unspecified atom stereocenters. The van der Waals surface area contributed by atoms with E-state index in [0.29, 0.717) is 47.8 Å². The summed E-state index contributed by atoms with van der Waals surface area (Å²) in [7, 11) is 0. The van der Waals surface area contributed by atoms with Crippen LogP contribution in [0.4, 0.5) is 10.1 Å². The molecule has 2 aromatic rings. The Morgan fingerprint density at radius 2 is 1.91 bits per heavy atom. The number of fused-ring (bicyclic) bond motifs is 3. The first-order valence-electron chi connectivity index (χ1n) is 10.9. The van der Waals surface area contributed by atoms with E-state index in [9.17, 15) is 18.8 Å². The lowest BCUT2D eigenvalue weighted by atomic mass is 10.0. The summed E-state index contributed by atoms with van der Waals surface area (Å²) < 4.78 is 15.1. The molecule has 0 saturated heterocycles. The van der Waals surface area contributed by atoms with Crippen molar-refractivity contribution in [1.29, 1.82) is 0 Å². The van der Waals surface area contributed by atoms with E-state index in [4.69, 9.17) is 11.6 Å². The van der Waals surface area contributed by atoms with Crippen molar-refractivity contribution in [2.75, 3.05) is 5.32 Å². The fourth-order valence-electron chi connectivity index (χ4n) is 4.98. The molecule has 1 aliphatic heterocycles. The number of ketones is 1. The molecule has 0 bridgehead atoms. The summed E-state index contributed by atoms with van der Waals surface area (Å²) in [6.45, 7) is 1.68. The van der Waals surface area contributed by atoms with Crippen molar-refractivity contribution in [1.82, 2.24) is 15.3 Å². The van der Waals surface area contributed by atoms with Crippen LogP contribution in [0.1, 0.15) is 57.4 Å². The molecule has 2 atom stereocenters. The fraction of sp³-hybridized carbons (Fsp3) is 0.348. The van der Waals surface area contributed by atoms with Crippen LogP contribution in [0.5, 0.6) is 0 Å². The van der Waals surface area contributed by atoms with Crippen LogP contribution in [0.3, 0.4) is 0 Å². The Hall–Kier alpha value is -3.66. The molecule has 0 radical (unpaired) electrons. The second-order valence-electron chi connectivity index (χ2n) is 8.98. The Morgan fingerprint density at radius 3 is 2.52 bits per heavy atom. The van der Waals surface area contributed by atoms with Crippen molar-refractivity contribution in [2.24, 2.45) is 17.5 Å². The molecule has 33 heavy (non-hydrogen) atoms. The number of amides is 2. The van der Waals surface area contributed by atoms with Gasteiger partial charge in [0.25, 0.3) is 17.6 Å². The minimum Gasteiger partial charge on any atom is -0.403 e. The highest BCUT2D eigenvalue weighted by Gasteiger charge is 2.52. The third kappa shape index (κ3) is 3.37. The number of rotatable bonds is 7. The standard InChI is InChI=1S/C23H25FN6O3/c1-11-18(20(31)22(33)28-23(6-7-23)17(10-25)29-26)16-9-12-8-15(12)30(16)19(11)21(32)27-14-4-2-13(24)3-5-14/h2-5,10,12,15,29H,6-9,25-26H2,1H3,(H,27,32)(H,28,33)/b17-10-. The van der Waals surface area contributed by atoms with Gasteiger partial charge in [-0.15, -0.1) is 0 Å². The van der Waals surface area contributed by atoms with Crippen molar-refractivity contribution in [2.45, 2.75) is 44.2 Å². The van der Waals surface area contributed by atoms with Gasteiger partial charge in [0.2, 0.25) is 0 Å². The Labute approximate surface area is 189 Å². The van der Waals surface area contributed by atoms with E-state index in [0.717, 1.165) is 12.1 Å². The molecule has 7 N–H and O–H groups in total. The molecule has 1 aromatic heterocycles. The molecule has 5 rings (SSSR count). The van der Waals surface area contributed by atoms with E-state index < -0.39 is 29.0 Å². The smallest absolute Gasteiger partial charge is 0.293 e. The van der Waals surface area contributed by atoms with Gasteiger partial charge >= 0.3 is 0 Å². The number of anilines is 1. The van der Waals surface area contributed by atoms with Crippen molar-refractivity contribution in [3.8, 4) is 0 Å². The molecule has 10 heteroatoms. The van der Waals surface area contributed by atoms with Gasteiger partial charge in [-0.1, -0.05) is 0 Å². The van der Waals surface area contributed by atoms with E-state index in [1.807, 2.05) is 4.57 Å². The highest BCUT2D eigenvalue weighted by atomic mass is 19.1. The molecule has 2 aliphatic carbocycles. The normalized spacial score (nSPS) is 21.6. The molecule has 2 heterocycles. The van der Waals surface area contributed by atoms with Crippen LogP contribution in [0, 0.1) is 18.7 Å². The lowest BCUT2D eigenvalue weighted by Crippen LogP contribution is -2.47. The van der Waals surface area contributed by atoms with Gasteiger partial charge < -0.3 is 26.4 Å². The average molecular weight is 452 g/mol. The van der Waals surface area contributed by atoms with Crippen LogP contribution in [-0.2, 0) is 11.2 Å². The molecule has 2 saturated carbocycles. The minimum atomic E-state index is -0.766. The maximum atomic E-state index is 13.3. The summed E-state index contributed by atoms with van der Waals surface area (Å²) in [5, 5.41) is 5.54. The van der Waals surface area contributed by atoms with Crippen molar-refractivity contribution < 1.29 is 18.8 Å². The van der Waals surface area contributed by atoms with Crippen LogP contribution in [-0.4, -0.2) is 27.7 Å². The summed E-state index contributed by atoms with van der Waals surface area (Å²) >= 11 is 0. The second-order valence-corrected chi connectivity index (χ2v) is 8.98. The molecular formula is C23H25FN6O3. The van der Waals surface area contributed by atoms with E-state index in [1.54, 1.807) is 6.92 Å². The second kappa shape index (κ2) is 7.45. The maximum absolute atomic E-state index is 13.3. The van der Waals surface area contributed by atoms with Gasteiger partial charge in [0.1, 0.15) is 11.5 Å². The lowest BCUT2D eigenvalue weighted by molar-refractivity contribution is -0.117. The number of hydrogen-bond acceptors (Lipinski definition) is 6. The largest absolute Gasteiger partial charge is 0.403 e. The zero-order valence-electron chi connectivity index (χ0n) is 18.1. The summed E-state index contributed by atoms with van der Waals surface area (Å²) in [5.41, 5.74) is 10.0. The van der Waals surface area contributed by atoms with Crippen LogP contribution < -0.4 is 27.6 Å². The topological polar surface area (TPSA) is 144 Å². The third-order valence-electron chi connectivity index (χ3n) is 6.91. The number of carbonyl (C=O) groups is 3. The van der Waals surface area contributed by atoms with Crippen LogP contribution in [0.15, 0.2) is 36.2 Å². The number of benzene rings is 1. The van der Waals surface area contributed by atoms with Gasteiger partial charge in [0, 0.05) is 23.6 Å². The Morgan fingerprint density at radius 1 is 1.21 bits per heavy atom. The van der Waals surface area contributed by atoms with E-state index >= 15 is 0 Å². The summed E-state index contributed by atoms with van der Waals surface area (Å²) in [6.07, 6.45) is 4.09. The molecule has 172 valence electrons. The molecule has 2 amide bonds. The van der Waals surface area contributed by atoms with E-state index in [-0.39, 0.29) is 11.6 Å². The third-order valence-corrected chi connectivity index (χ3v) is 6.91. The van der Waals surface area contributed by atoms with Gasteiger partial charge in [-0.3, -0.25) is 20.2 Å². The fourth-order valence-corrected chi connectivity index (χ4v) is 4.98. The predicted molar refractivity (Wildman–Crippen MR) is 118 cm³/mol. The number of nitrogens with two attached hydrogens (primary N) is 2. The van der Waals surface area contributed by atoms with Crippen LogP contribution in [0.25, 0.3) is 0 Å². The number of aromatic nitrogens is 1. The zero-order valence-corrected chi connectivity index (χ0v) is 18.1. The summed E-state index contributed by atoms with van der Waals surface area (Å²) in [5.74, 6) is 3.62. The van der Waals surface area contributed by atoms with Gasteiger partial charge in [-0.25, -0.2) is 4.39 Å². The van der Waals surface area contributed by atoms with Crippen molar-refractivity contribution in [3.05, 3.63) is 64.5 Å². The highest BCUT2D eigenvalue weighted by Crippen LogP contribution is 2.54. The Kier molecular flexibility index (Phi) is 4.78. The first kappa shape index (κ1) is 21.2. The number of nitrogens with zero attached hydrogens (tertiary/aromatic N) is 1. The van der Waals surface area contributed by atoms with Gasteiger partial charge in [-0.05, 0) is 68.4 Å². The minimum absolute atomic E-state index is 0.153. The zero-order chi connectivity index (χ0) is 23.5. The molecule has 0 spiro atoms. The number of carbonyl (C=O) groups excluding carboxylic acids is 3. The van der Waals surface area contributed by atoms with E-state index in [2.05, 4.69) is 16.1 Å². The quantitative estimate of drug-likeness (QED) is 0.186. The molecular weight excluding hydrogens is 427 g/mol. The van der Waals surface area contributed by atoms with Crippen molar-refractivity contribution >= 4 is 23.3 Å². The molecule has 9 nitrogen and oxygen atoms in total. The van der Waals surface area contributed by atoms with Crippen molar-refractivity contribution in [3.63, 3.8) is 0 Å². The number of hydrogen-bond donors (Lipinski definition) is 5. The van der Waals surface area contributed by atoms with Gasteiger partial charge in [-0.2, -0.15) is 0 Å². The maximum Gasteiger partial charge on any atom is 0.293 e. The Bertz CT molecular complexity index is 1210. The SMILES string of the molecule is Cc1c(C(=O)C(=O)NC2(/C(=C/N)NN)CC2)c2n(c1C(=O)Nc1ccc(F)cc1)C1CC1C2. The summed E-state index contributed by atoms with van der Waals surface area (Å²) in [6, 6.07) is 5.61. The number of hydrazine groups is 1. The average Bonchev–Trinajstić information content (AvgIpc) is 3.68. The summed E-state index contributed by atoms with van der Waals surface area (Å²) in [4.78, 5) is 39.4. The lowest BCUT2D eigenvalue weighted by Gasteiger charge is -2.19. The molecule has 3 aliphatic rings. The first-order chi connectivity index (χ1) is 15.8. The van der Waals surface area contributed by atoms with E-state index in [1.165, 1.54) is 30.5 Å². The molecule has 2 fully saturated rings. The number of nitrogens with one attached hydrogen (secondary N) is 3.